The largest absolute Gasteiger partial charge is 0.508 e. The van der Waals surface area contributed by atoms with Crippen molar-refractivity contribution in [3.8, 4) is 5.75 Å². The van der Waals surface area contributed by atoms with Crippen LogP contribution in [0.15, 0.2) is 54.6 Å². The van der Waals surface area contributed by atoms with Crippen molar-refractivity contribution in [1.82, 2.24) is 20.9 Å². The van der Waals surface area contributed by atoms with Gasteiger partial charge in [0.2, 0.25) is 17.7 Å². The fourth-order valence-electron chi connectivity index (χ4n) is 4.92. The van der Waals surface area contributed by atoms with Crippen LogP contribution in [0.2, 0.25) is 0 Å². The molecule has 3 amide bonds. The molecule has 0 saturated carbocycles. The van der Waals surface area contributed by atoms with Gasteiger partial charge in [-0.3, -0.25) is 29.3 Å². The molecule has 4 atom stereocenters. The number of benzene rings is 2. The van der Waals surface area contributed by atoms with Crippen LogP contribution in [0.1, 0.15) is 43.7 Å². The zero-order valence-corrected chi connectivity index (χ0v) is 23.5. The molecule has 12 nitrogen and oxygen atoms in total. The molecule has 226 valence electrons. The minimum absolute atomic E-state index is 0.0401. The summed E-state index contributed by atoms with van der Waals surface area (Å²) in [5.74, 6) is -3.65. The van der Waals surface area contributed by atoms with Gasteiger partial charge in [-0.15, -0.1) is 0 Å². The molecule has 2 aromatic rings. The van der Waals surface area contributed by atoms with E-state index in [2.05, 4.69) is 16.0 Å². The van der Waals surface area contributed by atoms with Gasteiger partial charge in [0, 0.05) is 19.5 Å². The van der Waals surface area contributed by atoms with E-state index in [1.165, 1.54) is 17.0 Å². The standard InChI is InChI=1S/C30H38N4O8/c1-19(32-23(30(41)42)14-11-20-6-3-2-4-7-20)29(40)34-17-5-8-25(34)28(39)33-24(27(38)31-16-15-26(36)37)18-21-9-12-22(35)13-10-21/h2-4,6-7,9-10,12-13,19,23-25,32,35H,5,8,11,14-18H2,1H3,(H,31,38)(H,33,39)(H,36,37)(H,41,42)/t19-,23?,24-,25+/m0/s1. The molecule has 1 aliphatic heterocycles. The predicted octanol–water partition coefficient (Wildman–Crippen LogP) is 1.07. The summed E-state index contributed by atoms with van der Waals surface area (Å²) in [5.41, 5.74) is 1.63. The van der Waals surface area contributed by atoms with E-state index in [4.69, 9.17) is 5.11 Å². The normalized spacial score (nSPS) is 16.7. The third-order valence-corrected chi connectivity index (χ3v) is 7.17. The van der Waals surface area contributed by atoms with E-state index in [1.54, 1.807) is 19.1 Å². The Morgan fingerprint density at radius 3 is 2.29 bits per heavy atom. The Kier molecular flexibility index (Phi) is 11.9. The van der Waals surface area contributed by atoms with Crippen molar-refractivity contribution in [2.45, 2.75) is 69.6 Å². The molecule has 0 spiro atoms. The maximum atomic E-state index is 13.4. The van der Waals surface area contributed by atoms with Crippen LogP contribution in [-0.2, 0) is 36.8 Å². The fourth-order valence-corrected chi connectivity index (χ4v) is 4.92. The van der Waals surface area contributed by atoms with Crippen molar-refractivity contribution >= 4 is 29.7 Å². The molecule has 0 bridgehead atoms. The number of aryl methyl sites for hydroxylation is 1. The van der Waals surface area contributed by atoms with Crippen LogP contribution in [0.25, 0.3) is 0 Å². The maximum Gasteiger partial charge on any atom is 0.320 e. The average molecular weight is 583 g/mol. The van der Waals surface area contributed by atoms with E-state index in [0.717, 1.165) is 5.56 Å². The highest BCUT2D eigenvalue weighted by atomic mass is 16.4. The Balaban J connectivity index is 1.65. The van der Waals surface area contributed by atoms with Crippen molar-refractivity contribution in [3.63, 3.8) is 0 Å². The first-order valence-electron chi connectivity index (χ1n) is 14.0. The summed E-state index contributed by atoms with van der Waals surface area (Å²) in [7, 11) is 0. The first-order valence-corrected chi connectivity index (χ1v) is 14.0. The van der Waals surface area contributed by atoms with E-state index in [0.29, 0.717) is 31.4 Å². The highest BCUT2D eigenvalue weighted by Gasteiger charge is 2.38. The number of aromatic hydroxyl groups is 1. The number of carboxylic acids is 2. The highest BCUT2D eigenvalue weighted by Crippen LogP contribution is 2.20. The van der Waals surface area contributed by atoms with E-state index >= 15 is 0 Å². The molecular weight excluding hydrogens is 544 g/mol. The zero-order valence-electron chi connectivity index (χ0n) is 23.5. The van der Waals surface area contributed by atoms with Crippen molar-refractivity contribution in [2.24, 2.45) is 0 Å². The smallest absolute Gasteiger partial charge is 0.320 e. The van der Waals surface area contributed by atoms with Crippen LogP contribution in [0.3, 0.4) is 0 Å². The number of carbonyl (C=O) groups excluding carboxylic acids is 3. The summed E-state index contributed by atoms with van der Waals surface area (Å²) in [6.07, 6.45) is 1.50. The topological polar surface area (TPSA) is 185 Å². The lowest BCUT2D eigenvalue weighted by molar-refractivity contribution is -0.143. The van der Waals surface area contributed by atoms with Crippen LogP contribution in [0.5, 0.6) is 5.75 Å². The molecule has 2 aromatic carbocycles. The number of phenolic OH excluding ortho intramolecular Hbond substituents is 1. The molecule has 0 aromatic heterocycles. The lowest BCUT2D eigenvalue weighted by Crippen LogP contribution is -2.57. The molecule has 0 radical (unpaired) electrons. The van der Waals surface area contributed by atoms with E-state index in [9.17, 15) is 34.2 Å². The molecule has 6 N–H and O–H groups in total. The Morgan fingerprint density at radius 1 is 0.952 bits per heavy atom. The number of amides is 3. The van der Waals surface area contributed by atoms with E-state index < -0.39 is 53.8 Å². The molecule has 1 fully saturated rings. The number of carboxylic acid groups (broad SMARTS) is 2. The number of nitrogens with zero attached hydrogens (tertiary/aromatic N) is 1. The van der Waals surface area contributed by atoms with E-state index in [-0.39, 0.29) is 31.6 Å². The number of rotatable bonds is 15. The summed E-state index contributed by atoms with van der Waals surface area (Å²) < 4.78 is 0. The zero-order chi connectivity index (χ0) is 30.6. The quantitative estimate of drug-likeness (QED) is 0.179. The van der Waals surface area contributed by atoms with E-state index in [1.807, 2.05) is 30.3 Å². The van der Waals surface area contributed by atoms with Gasteiger partial charge in [-0.2, -0.15) is 0 Å². The molecule has 1 unspecified atom stereocenters. The Bertz CT molecular complexity index is 1240. The van der Waals surface area contributed by atoms with Gasteiger partial charge in [-0.25, -0.2) is 0 Å². The Hall–Kier alpha value is -4.45. The average Bonchev–Trinajstić information content (AvgIpc) is 3.46. The van der Waals surface area contributed by atoms with Gasteiger partial charge in [0.25, 0.3) is 0 Å². The van der Waals surface area contributed by atoms with Crippen LogP contribution >= 0.6 is 0 Å². The summed E-state index contributed by atoms with van der Waals surface area (Å²) in [6, 6.07) is 11.8. The van der Waals surface area contributed by atoms with Gasteiger partial charge in [0.15, 0.2) is 0 Å². The van der Waals surface area contributed by atoms with Crippen molar-refractivity contribution in [2.75, 3.05) is 13.1 Å². The molecule has 42 heavy (non-hydrogen) atoms. The maximum absolute atomic E-state index is 13.4. The van der Waals surface area contributed by atoms with Crippen LogP contribution < -0.4 is 16.0 Å². The van der Waals surface area contributed by atoms with Gasteiger partial charge in [-0.1, -0.05) is 42.5 Å². The minimum atomic E-state index is -1.08. The van der Waals surface area contributed by atoms with Crippen molar-refractivity contribution in [1.29, 1.82) is 0 Å². The second kappa shape index (κ2) is 15.5. The van der Waals surface area contributed by atoms with Gasteiger partial charge in [0.05, 0.1) is 12.5 Å². The third-order valence-electron chi connectivity index (χ3n) is 7.17. The molecule has 1 aliphatic rings. The summed E-state index contributed by atoms with van der Waals surface area (Å²) in [5, 5.41) is 36.3. The molecule has 12 heteroatoms. The number of nitrogens with one attached hydrogen (secondary N) is 3. The SMILES string of the molecule is C[C@H](NC(CCc1ccccc1)C(=O)O)C(=O)N1CCC[C@@H]1C(=O)N[C@@H](Cc1ccc(O)cc1)C(=O)NCCC(=O)O. The number of likely N-dealkylation sites (tertiary alicyclic amines) is 1. The summed E-state index contributed by atoms with van der Waals surface area (Å²) in [4.78, 5) is 63.8. The van der Waals surface area contributed by atoms with Crippen LogP contribution in [0.4, 0.5) is 0 Å². The predicted molar refractivity (Wildman–Crippen MR) is 153 cm³/mol. The molecule has 1 heterocycles. The molecule has 0 aliphatic carbocycles. The lowest BCUT2D eigenvalue weighted by Gasteiger charge is -2.29. The minimum Gasteiger partial charge on any atom is -0.508 e. The number of hydrogen-bond donors (Lipinski definition) is 6. The first-order chi connectivity index (χ1) is 20.0. The summed E-state index contributed by atoms with van der Waals surface area (Å²) in [6.45, 7) is 1.75. The van der Waals surface area contributed by atoms with Gasteiger partial charge < -0.3 is 30.9 Å². The second-order valence-electron chi connectivity index (χ2n) is 10.4. The van der Waals surface area contributed by atoms with Crippen molar-refractivity contribution < 1.29 is 39.3 Å². The van der Waals surface area contributed by atoms with Crippen LogP contribution in [-0.4, -0.2) is 87.1 Å². The Morgan fingerprint density at radius 2 is 1.64 bits per heavy atom. The third kappa shape index (κ3) is 9.58. The molecule has 1 saturated heterocycles. The van der Waals surface area contributed by atoms with Crippen molar-refractivity contribution in [3.05, 3.63) is 65.7 Å². The number of phenols is 1. The monoisotopic (exact) mass is 582 g/mol. The highest BCUT2D eigenvalue weighted by molar-refractivity contribution is 5.93. The number of hydrogen-bond acceptors (Lipinski definition) is 7. The second-order valence-corrected chi connectivity index (χ2v) is 10.4. The molecule has 3 rings (SSSR count). The lowest BCUT2D eigenvalue weighted by atomic mass is 10.0. The Labute approximate surface area is 244 Å². The fraction of sp³-hybridized carbons (Fsp3) is 0.433. The van der Waals surface area contributed by atoms with Crippen LogP contribution in [0, 0.1) is 0 Å². The number of carbonyl (C=O) groups is 5. The molecular formula is C30H38N4O8. The first kappa shape index (κ1) is 32.1. The van der Waals surface area contributed by atoms with Gasteiger partial charge in [-0.05, 0) is 55.9 Å². The van der Waals surface area contributed by atoms with Gasteiger partial charge in [0.1, 0.15) is 23.9 Å². The number of aliphatic carboxylic acids is 2. The van der Waals surface area contributed by atoms with Gasteiger partial charge >= 0.3 is 11.9 Å². The summed E-state index contributed by atoms with van der Waals surface area (Å²) >= 11 is 0.